The van der Waals surface area contributed by atoms with Gasteiger partial charge in [0.1, 0.15) is 0 Å². The Labute approximate surface area is 73.0 Å². The number of nitrogens with zero attached hydrogens (tertiary/aromatic N) is 1. The van der Waals surface area contributed by atoms with Gasteiger partial charge in [0.25, 0.3) is 0 Å². The SMILES string of the molecule is NC[C@@H]1CN1Cc1ccccc1. The van der Waals surface area contributed by atoms with Crippen LogP contribution in [0.5, 0.6) is 0 Å². The van der Waals surface area contributed by atoms with Crippen molar-refractivity contribution >= 4 is 0 Å². The molecule has 1 heterocycles. The maximum absolute atomic E-state index is 5.54. The maximum atomic E-state index is 5.54. The topological polar surface area (TPSA) is 29.0 Å². The highest BCUT2D eigenvalue weighted by Gasteiger charge is 2.31. The lowest BCUT2D eigenvalue weighted by atomic mass is 10.2. The molecule has 0 bridgehead atoms. The van der Waals surface area contributed by atoms with Crippen LogP contribution in [0.1, 0.15) is 5.56 Å². The van der Waals surface area contributed by atoms with Gasteiger partial charge in [-0.05, 0) is 5.56 Å². The van der Waals surface area contributed by atoms with E-state index in [2.05, 4.69) is 29.2 Å². The molecule has 1 aliphatic heterocycles. The average molecular weight is 162 g/mol. The van der Waals surface area contributed by atoms with Gasteiger partial charge in [0.2, 0.25) is 0 Å². The molecule has 1 saturated heterocycles. The third-order valence-corrected chi connectivity index (χ3v) is 2.33. The number of rotatable bonds is 3. The first-order valence-electron chi connectivity index (χ1n) is 4.38. The van der Waals surface area contributed by atoms with E-state index < -0.39 is 0 Å². The van der Waals surface area contributed by atoms with Crippen LogP contribution in [0, 0.1) is 0 Å². The van der Waals surface area contributed by atoms with Crippen LogP contribution in [0.2, 0.25) is 0 Å². The fourth-order valence-corrected chi connectivity index (χ4v) is 1.46. The Morgan fingerprint density at radius 3 is 2.67 bits per heavy atom. The standard InChI is InChI=1S/C10H14N2/c11-6-10-8-12(10)7-9-4-2-1-3-5-9/h1-5,10H,6-8,11H2/t10-,12?/m1/s1. The van der Waals surface area contributed by atoms with Gasteiger partial charge in [-0.2, -0.15) is 0 Å². The third kappa shape index (κ3) is 1.65. The Morgan fingerprint density at radius 1 is 1.33 bits per heavy atom. The first-order valence-corrected chi connectivity index (χ1v) is 4.38. The number of hydrogen-bond acceptors (Lipinski definition) is 2. The highest BCUT2D eigenvalue weighted by molar-refractivity contribution is 5.15. The van der Waals surface area contributed by atoms with Crippen molar-refractivity contribution in [2.24, 2.45) is 5.73 Å². The van der Waals surface area contributed by atoms with Gasteiger partial charge in [0.15, 0.2) is 0 Å². The molecule has 1 fully saturated rings. The molecule has 1 unspecified atom stereocenters. The summed E-state index contributed by atoms with van der Waals surface area (Å²) >= 11 is 0. The minimum atomic E-state index is 0.644. The number of benzene rings is 1. The fourth-order valence-electron chi connectivity index (χ4n) is 1.46. The molecule has 0 aromatic heterocycles. The first kappa shape index (κ1) is 7.77. The zero-order valence-corrected chi connectivity index (χ0v) is 7.11. The lowest BCUT2D eigenvalue weighted by molar-refractivity contribution is 0.504. The van der Waals surface area contributed by atoms with Crippen LogP contribution in [-0.2, 0) is 6.54 Å². The van der Waals surface area contributed by atoms with Crippen LogP contribution >= 0.6 is 0 Å². The quantitative estimate of drug-likeness (QED) is 0.667. The zero-order valence-electron chi connectivity index (χ0n) is 7.11. The molecular weight excluding hydrogens is 148 g/mol. The second-order valence-corrected chi connectivity index (χ2v) is 3.30. The summed E-state index contributed by atoms with van der Waals surface area (Å²) in [7, 11) is 0. The minimum absolute atomic E-state index is 0.644. The maximum Gasteiger partial charge on any atom is 0.0350 e. The summed E-state index contributed by atoms with van der Waals surface area (Å²) in [5.74, 6) is 0. The van der Waals surface area contributed by atoms with Crippen LogP contribution in [0.4, 0.5) is 0 Å². The van der Waals surface area contributed by atoms with Crippen molar-refractivity contribution in [2.75, 3.05) is 13.1 Å². The monoisotopic (exact) mass is 162 g/mol. The van der Waals surface area contributed by atoms with E-state index in [1.165, 1.54) is 12.1 Å². The average Bonchev–Trinajstić information content (AvgIpc) is 2.85. The Hall–Kier alpha value is -0.860. The van der Waals surface area contributed by atoms with Gasteiger partial charge in [-0.25, -0.2) is 0 Å². The summed E-state index contributed by atoms with van der Waals surface area (Å²) in [5.41, 5.74) is 6.92. The molecule has 1 aliphatic rings. The highest BCUT2D eigenvalue weighted by atomic mass is 15.3. The van der Waals surface area contributed by atoms with E-state index in [0.717, 1.165) is 13.1 Å². The second kappa shape index (κ2) is 3.25. The van der Waals surface area contributed by atoms with Gasteiger partial charge in [0, 0.05) is 25.7 Å². The molecule has 64 valence electrons. The molecule has 2 atom stereocenters. The summed E-state index contributed by atoms with van der Waals surface area (Å²) in [4.78, 5) is 2.38. The Morgan fingerprint density at radius 2 is 2.08 bits per heavy atom. The molecule has 0 radical (unpaired) electrons. The van der Waals surface area contributed by atoms with Crippen molar-refractivity contribution in [3.8, 4) is 0 Å². The number of nitrogens with two attached hydrogens (primary N) is 1. The molecular formula is C10H14N2. The van der Waals surface area contributed by atoms with Crippen molar-refractivity contribution in [3.05, 3.63) is 35.9 Å². The molecule has 0 spiro atoms. The summed E-state index contributed by atoms with van der Waals surface area (Å²) in [6, 6.07) is 11.2. The summed E-state index contributed by atoms with van der Waals surface area (Å²) in [6.07, 6.45) is 0. The normalized spacial score (nSPS) is 27.1. The summed E-state index contributed by atoms with van der Waals surface area (Å²) < 4.78 is 0. The van der Waals surface area contributed by atoms with E-state index in [-0.39, 0.29) is 0 Å². The predicted octanol–water partition coefficient (Wildman–Crippen LogP) is 0.829. The molecule has 0 amide bonds. The largest absolute Gasteiger partial charge is 0.329 e. The van der Waals surface area contributed by atoms with E-state index in [0.29, 0.717) is 6.04 Å². The number of hydrogen-bond donors (Lipinski definition) is 1. The lowest BCUT2D eigenvalue weighted by Crippen LogP contribution is -2.12. The van der Waals surface area contributed by atoms with E-state index >= 15 is 0 Å². The van der Waals surface area contributed by atoms with Gasteiger partial charge < -0.3 is 5.73 Å². The molecule has 2 rings (SSSR count). The van der Waals surface area contributed by atoms with Crippen LogP contribution in [0.15, 0.2) is 30.3 Å². The van der Waals surface area contributed by atoms with Crippen LogP contribution in [-0.4, -0.2) is 24.0 Å². The van der Waals surface area contributed by atoms with Gasteiger partial charge in [-0.3, -0.25) is 4.90 Å². The van der Waals surface area contributed by atoms with E-state index in [9.17, 15) is 0 Å². The molecule has 2 N–H and O–H groups in total. The molecule has 2 nitrogen and oxygen atoms in total. The highest BCUT2D eigenvalue weighted by Crippen LogP contribution is 2.19. The van der Waals surface area contributed by atoms with Crippen molar-refractivity contribution in [1.29, 1.82) is 0 Å². The minimum Gasteiger partial charge on any atom is -0.329 e. The van der Waals surface area contributed by atoms with Crippen molar-refractivity contribution in [2.45, 2.75) is 12.6 Å². The molecule has 1 aromatic rings. The lowest BCUT2D eigenvalue weighted by Gasteiger charge is -2.01. The summed E-state index contributed by atoms with van der Waals surface area (Å²) in [6.45, 7) is 3.03. The Kier molecular flexibility index (Phi) is 2.11. The van der Waals surface area contributed by atoms with Crippen LogP contribution in [0.3, 0.4) is 0 Å². The molecule has 2 heteroatoms. The van der Waals surface area contributed by atoms with Crippen molar-refractivity contribution in [3.63, 3.8) is 0 Å². The fraction of sp³-hybridized carbons (Fsp3) is 0.400. The van der Waals surface area contributed by atoms with Gasteiger partial charge in [-0.15, -0.1) is 0 Å². The third-order valence-electron chi connectivity index (χ3n) is 2.33. The molecule has 0 aliphatic carbocycles. The zero-order chi connectivity index (χ0) is 8.39. The molecule has 0 saturated carbocycles. The summed E-state index contributed by atoms with van der Waals surface area (Å²) in [5, 5.41) is 0. The predicted molar refractivity (Wildman–Crippen MR) is 49.7 cm³/mol. The van der Waals surface area contributed by atoms with Gasteiger partial charge in [0.05, 0.1) is 0 Å². The van der Waals surface area contributed by atoms with E-state index in [1.54, 1.807) is 0 Å². The van der Waals surface area contributed by atoms with Crippen molar-refractivity contribution < 1.29 is 0 Å². The Balaban J connectivity index is 1.89. The Bertz CT molecular complexity index is 245. The van der Waals surface area contributed by atoms with Crippen molar-refractivity contribution in [1.82, 2.24) is 4.90 Å². The smallest absolute Gasteiger partial charge is 0.0350 e. The first-order chi connectivity index (χ1) is 5.90. The van der Waals surface area contributed by atoms with E-state index in [1.807, 2.05) is 6.07 Å². The molecule has 12 heavy (non-hydrogen) atoms. The van der Waals surface area contributed by atoms with Crippen LogP contribution < -0.4 is 5.73 Å². The van der Waals surface area contributed by atoms with E-state index in [4.69, 9.17) is 5.73 Å². The van der Waals surface area contributed by atoms with Crippen LogP contribution in [0.25, 0.3) is 0 Å². The molecule has 1 aromatic carbocycles. The second-order valence-electron chi connectivity index (χ2n) is 3.30. The van der Waals surface area contributed by atoms with Gasteiger partial charge in [-0.1, -0.05) is 30.3 Å². The van der Waals surface area contributed by atoms with Gasteiger partial charge >= 0.3 is 0 Å².